The van der Waals surface area contributed by atoms with Crippen LogP contribution in [0.5, 0.6) is 5.75 Å². The standard InChI is InChI=1S/C19H19ClN4OS/c1-13(2)15-6-8-17(9-7-15)25-12-18-22-23-19(26)24(18)21-11-14-4-3-5-16(20)10-14/h3-11,13H,12H2,1-2H3,(H,23,26)/b21-11-. The predicted molar refractivity (Wildman–Crippen MR) is 107 cm³/mol. The quantitative estimate of drug-likeness (QED) is 0.469. The second kappa shape index (κ2) is 8.29. The molecule has 134 valence electrons. The minimum atomic E-state index is 0.251. The summed E-state index contributed by atoms with van der Waals surface area (Å²) in [6.45, 7) is 4.57. The number of hydrogen-bond donors (Lipinski definition) is 1. The minimum Gasteiger partial charge on any atom is -0.486 e. The molecule has 0 aliphatic rings. The van der Waals surface area contributed by atoms with Crippen LogP contribution in [0.15, 0.2) is 53.6 Å². The first-order valence-corrected chi connectivity index (χ1v) is 9.00. The van der Waals surface area contributed by atoms with E-state index in [4.69, 9.17) is 28.6 Å². The molecular formula is C19H19ClN4OS. The normalized spacial score (nSPS) is 11.4. The van der Waals surface area contributed by atoms with Gasteiger partial charge in [0.05, 0.1) is 6.21 Å². The first-order valence-electron chi connectivity index (χ1n) is 8.22. The predicted octanol–water partition coefficient (Wildman–Crippen LogP) is 5.18. The number of rotatable bonds is 6. The maximum atomic E-state index is 5.99. The molecule has 0 aliphatic heterocycles. The van der Waals surface area contributed by atoms with Crippen LogP contribution in [0.4, 0.5) is 0 Å². The molecule has 7 heteroatoms. The van der Waals surface area contributed by atoms with Crippen LogP contribution < -0.4 is 4.74 Å². The van der Waals surface area contributed by atoms with Crippen LogP contribution in [0.1, 0.15) is 36.7 Å². The van der Waals surface area contributed by atoms with E-state index in [0.29, 0.717) is 21.5 Å². The van der Waals surface area contributed by atoms with Crippen LogP contribution in [0, 0.1) is 4.77 Å². The summed E-state index contributed by atoms with van der Waals surface area (Å²) in [4.78, 5) is 0. The second-order valence-corrected chi connectivity index (χ2v) is 6.89. The van der Waals surface area contributed by atoms with Gasteiger partial charge in [0.1, 0.15) is 12.4 Å². The van der Waals surface area contributed by atoms with Gasteiger partial charge in [0.15, 0.2) is 5.82 Å². The molecule has 0 unspecified atom stereocenters. The van der Waals surface area contributed by atoms with Crippen LogP contribution in [0.2, 0.25) is 5.02 Å². The first kappa shape index (κ1) is 18.4. The van der Waals surface area contributed by atoms with Gasteiger partial charge >= 0.3 is 0 Å². The lowest BCUT2D eigenvalue weighted by Crippen LogP contribution is -2.04. The first-order chi connectivity index (χ1) is 12.5. The van der Waals surface area contributed by atoms with Crippen LogP contribution in [0.3, 0.4) is 0 Å². The zero-order valence-corrected chi connectivity index (χ0v) is 16.1. The molecule has 0 atom stereocenters. The molecule has 3 rings (SSSR count). The molecule has 1 N–H and O–H groups in total. The highest BCUT2D eigenvalue weighted by atomic mass is 35.5. The highest BCUT2D eigenvalue weighted by Gasteiger charge is 2.07. The van der Waals surface area contributed by atoms with Gasteiger partial charge in [-0.1, -0.05) is 49.7 Å². The van der Waals surface area contributed by atoms with E-state index in [1.54, 1.807) is 10.9 Å². The fourth-order valence-corrected chi connectivity index (χ4v) is 2.74. The van der Waals surface area contributed by atoms with Gasteiger partial charge in [-0.15, -0.1) is 0 Å². The number of halogens is 1. The lowest BCUT2D eigenvalue weighted by atomic mass is 10.0. The van der Waals surface area contributed by atoms with Crippen molar-refractivity contribution in [3.8, 4) is 5.75 Å². The lowest BCUT2D eigenvalue weighted by molar-refractivity contribution is 0.290. The molecule has 5 nitrogen and oxygen atoms in total. The molecule has 1 aromatic heterocycles. The van der Waals surface area contributed by atoms with Crippen molar-refractivity contribution in [3.63, 3.8) is 0 Å². The van der Waals surface area contributed by atoms with Crippen LogP contribution >= 0.6 is 23.8 Å². The molecule has 26 heavy (non-hydrogen) atoms. The fraction of sp³-hybridized carbons (Fsp3) is 0.211. The van der Waals surface area contributed by atoms with Gasteiger partial charge in [0.25, 0.3) is 0 Å². The third-order valence-electron chi connectivity index (χ3n) is 3.80. The van der Waals surface area contributed by atoms with E-state index in [-0.39, 0.29) is 6.61 Å². The molecule has 0 radical (unpaired) electrons. The van der Waals surface area contributed by atoms with E-state index in [1.165, 1.54) is 5.56 Å². The Morgan fingerprint density at radius 2 is 2.04 bits per heavy atom. The molecule has 0 bridgehead atoms. The van der Waals surface area contributed by atoms with Crippen molar-refractivity contribution in [2.45, 2.75) is 26.4 Å². The summed E-state index contributed by atoms with van der Waals surface area (Å²) in [6.07, 6.45) is 1.68. The Hall–Kier alpha value is -2.44. The second-order valence-electron chi connectivity index (χ2n) is 6.07. The molecule has 3 aromatic rings. The van der Waals surface area contributed by atoms with E-state index in [2.05, 4.69) is 41.3 Å². The summed E-state index contributed by atoms with van der Waals surface area (Å²) < 4.78 is 7.75. The number of H-pyrrole nitrogens is 1. The molecular weight excluding hydrogens is 368 g/mol. The van der Waals surface area contributed by atoms with Crippen molar-refractivity contribution in [3.05, 3.63) is 75.3 Å². The van der Waals surface area contributed by atoms with E-state index >= 15 is 0 Å². The molecule has 2 aromatic carbocycles. The monoisotopic (exact) mass is 386 g/mol. The van der Waals surface area contributed by atoms with Gasteiger partial charge in [-0.2, -0.15) is 14.9 Å². The SMILES string of the molecule is CC(C)c1ccc(OCc2n[nH]c(=S)n2/N=C\c2cccc(Cl)c2)cc1. The van der Waals surface area contributed by atoms with Crippen molar-refractivity contribution >= 4 is 30.0 Å². The molecule has 0 saturated carbocycles. The van der Waals surface area contributed by atoms with Crippen molar-refractivity contribution in [1.29, 1.82) is 0 Å². The topological polar surface area (TPSA) is 55.2 Å². The highest BCUT2D eigenvalue weighted by molar-refractivity contribution is 7.71. The molecule has 0 fully saturated rings. The summed E-state index contributed by atoms with van der Waals surface area (Å²) in [7, 11) is 0. The molecule has 0 aliphatic carbocycles. The number of ether oxygens (including phenoxy) is 1. The van der Waals surface area contributed by atoms with Gasteiger partial charge in [0.2, 0.25) is 4.77 Å². The van der Waals surface area contributed by atoms with Crippen LogP contribution in [-0.4, -0.2) is 21.1 Å². The number of nitrogens with zero attached hydrogens (tertiary/aromatic N) is 3. The van der Waals surface area contributed by atoms with E-state index in [0.717, 1.165) is 11.3 Å². The molecule has 0 spiro atoms. The van der Waals surface area contributed by atoms with Crippen molar-refractivity contribution in [1.82, 2.24) is 14.9 Å². The van der Waals surface area contributed by atoms with Gasteiger partial charge in [-0.3, -0.25) is 0 Å². The number of hydrogen-bond acceptors (Lipinski definition) is 4. The summed E-state index contributed by atoms with van der Waals surface area (Å²) >= 11 is 11.2. The zero-order chi connectivity index (χ0) is 18.5. The number of benzene rings is 2. The Balaban J connectivity index is 1.72. The summed E-state index contributed by atoms with van der Waals surface area (Å²) in [5.74, 6) is 1.84. The van der Waals surface area contributed by atoms with E-state index in [1.807, 2.05) is 36.4 Å². The summed E-state index contributed by atoms with van der Waals surface area (Å²) in [6, 6.07) is 15.4. The summed E-state index contributed by atoms with van der Waals surface area (Å²) in [5, 5.41) is 12.0. The molecule has 1 heterocycles. The maximum absolute atomic E-state index is 5.99. The van der Waals surface area contributed by atoms with Crippen molar-refractivity contribution in [2.24, 2.45) is 5.10 Å². The van der Waals surface area contributed by atoms with Crippen LogP contribution in [0.25, 0.3) is 0 Å². The Morgan fingerprint density at radius 1 is 1.27 bits per heavy atom. The minimum absolute atomic E-state index is 0.251. The smallest absolute Gasteiger partial charge is 0.216 e. The highest BCUT2D eigenvalue weighted by Crippen LogP contribution is 2.19. The van der Waals surface area contributed by atoms with Crippen LogP contribution in [-0.2, 0) is 6.61 Å². The number of aromatic nitrogens is 3. The largest absolute Gasteiger partial charge is 0.486 e. The maximum Gasteiger partial charge on any atom is 0.216 e. The van der Waals surface area contributed by atoms with Crippen molar-refractivity contribution in [2.75, 3.05) is 0 Å². The average molecular weight is 387 g/mol. The Morgan fingerprint density at radius 3 is 2.73 bits per heavy atom. The van der Waals surface area contributed by atoms with Gasteiger partial charge in [-0.25, -0.2) is 5.10 Å². The lowest BCUT2D eigenvalue weighted by Gasteiger charge is -2.08. The van der Waals surface area contributed by atoms with Gasteiger partial charge in [0, 0.05) is 5.02 Å². The Kier molecular flexibility index (Phi) is 5.85. The third kappa shape index (κ3) is 4.59. The number of aromatic amines is 1. The van der Waals surface area contributed by atoms with E-state index < -0.39 is 0 Å². The van der Waals surface area contributed by atoms with Gasteiger partial charge in [-0.05, 0) is 53.5 Å². The van der Waals surface area contributed by atoms with Gasteiger partial charge < -0.3 is 4.74 Å². The Labute approximate surface area is 162 Å². The number of nitrogens with one attached hydrogen (secondary N) is 1. The third-order valence-corrected chi connectivity index (χ3v) is 4.30. The zero-order valence-electron chi connectivity index (χ0n) is 14.5. The fourth-order valence-electron chi connectivity index (χ4n) is 2.34. The van der Waals surface area contributed by atoms with Crippen molar-refractivity contribution < 1.29 is 4.74 Å². The Bertz CT molecular complexity index is 960. The average Bonchev–Trinajstić information content (AvgIpc) is 2.98. The van der Waals surface area contributed by atoms with E-state index in [9.17, 15) is 0 Å². The summed E-state index contributed by atoms with van der Waals surface area (Å²) in [5.41, 5.74) is 2.14. The molecule has 0 amide bonds. The molecule has 0 saturated heterocycles.